The van der Waals surface area contributed by atoms with E-state index in [0.717, 1.165) is 25.1 Å². The van der Waals surface area contributed by atoms with Gasteiger partial charge < -0.3 is 24.2 Å². The summed E-state index contributed by atoms with van der Waals surface area (Å²) in [6, 6.07) is 13.5. The van der Waals surface area contributed by atoms with Gasteiger partial charge in [0.15, 0.2) is 0 Å². The van der Waals surface area contributed by atoms with Crippen molar-refractivity contribution in [3.63, 3.8) is 0 Å². The molecule has 8 nitrogen and oxygen atoms in total. The van der Waals surface area contributed by atoms with E-state index in [9.17, 15) is 14.7 Å². The summed E-state index contributed by atoms with van der Waals surface area (Å²) in [6.07, 6.45) is 0.916. The van der Waals surface area contributed by atoms with Gasteiger partial charge in [-0.15, -0.1) is 0 Å². The minimum absolute atomic E-state index is 0.0801. The second kappa shape index (κ2) is 12.3. The van der Waals surface area contributed by atoms with E-state index >= 15 is 0 Å². The molecule has 0 radical (unpaired) electrons. The number of methoxy groups -OCH3 is 1. The molecule has 2 aliphatic rings. The molecule has 37 heavy (non-hydrogen) atoms. The van der Waals surface area contributed by atoms with Crippen LogP contribution in [-0.2, 0) is 14.3 Å². The summed E-state index contributed by atoms with van der Waals surface area (Å²) in [7, 11) is 1.56. The molecule has 1 unspecified atom stereocenters. The highest BCUT2D eigenvalue weighted by atomic mass is 16.5. The third-order valence-corrected chi connectivity index (χ3v) is 6.80. The monoisotopic (exact) mass is 508 g/mol. The molecule has 0 bridgehead atoms. The van der Waals surface area contributed by atoms with Crippen LogP contribution in [0.25, 0.3) is 5.76 Å². The summed E-state index contributed by atoms with van der Waals surface area (Å²) in [6.45, 7) is 8.67. The number of rotatable bonds is 10. The van der Waals surface area contributed by atoms with Crippen molar-refractivity contribution >= 4 is 17.4 Å². The quantitative estimate of drug-likeness (QED) is 0.296. The van der Waals surface area contributed by atoms with Crippen molar-refractivity contribution in [3.8, 4) is 11.5 Å². The lowest BCUT2D eigenvalue weighted by atomic mass is 9.95. The molecule has 2 aliphatic heterocycles. The van der Waals surface area contributed by atoms with Gasteiger partial charge in [0.05, 0.1) is 38.5 Å². The van der Waals surface area contributed by atoms with E-state index in [0.29, 0.717) is 55.9 Å². The van der Waals surface area contributed by atoms with Crippen molar-refractivity contribution in [2.45, 2.75) is 26.3 Å². The van der Waals surface area contributed by atoms with Gasteiger partial charge in [-0.25, -0.2) is 0 Å². The Kier molecular flexibility index (Phi) is 8.84. The second-order valence-corrected chi connectivity index (χ2v) is 9.78. The van der Waals surface area contributed by atoms with Crippen LogP contribution in [-0.4, -0.2) is 79.7 Å². The van der Waals surface area contributed by atoms with Crippen molar-refractivity contribution < 1.29 is 28.9 Å². The number of morpholine rings is 1. The van der Waals surface area contributed by atoms with Crippen molar-refractivity contribution in [1.29, 1.82) is 0 Å². The molecule has 2 aromatic carbocycles. The number of carbonyl (C=O) groups is 2. The Morgan fingerprint density at radius 3 is 2.46 bits per heavy atom. The van der Waals surface area contributed by atoms with E-state index in [-0.39, 0.29) is 11.3 Å². The average molecular weight is 509 g/mol. The molecule has 1 N–H and O–H groups in total. The second-order valence-electron chi connectivity index (χ2n) is 9.78. The number of Topliss-reactive ketones (excluding diaryl/α,β-unsaturated/α-hetero) is 1. The first-order chi connectivity index (χ1) is 17.9. The van der Waals surface area contributed by atoms with Crippen LogP contribution in [0.2, 0.25) is 0 Å². The Morgan fingerprint density at radius 1 is 1.05 bits per heavy atom. The van der Waals surface area contributed by atoms with Gasteiger partial charge >= 0.3 is 0 Å². The number of nitrogens with zero attached hydrogens (tertiary/aromatic N) is 2. The summed E-state index contributed by atoms with van der Waals surface area (Å²) < 4.78 is 16.6. The predicted molar refractivity (Wildman–Crippen MR) is 141 cm³/mol. The zero-order valence-corrected chi connectivity index (χ0v) is 21.8. The van der Waals surface area contributed by atoms with Crippen molar-refractivity contribution in [1.82, 2.24) is 9.80 Å². The van der Waals surface area contributed by atoms with Gasteiger partial charge in [0.25, 0.3) is 11.7 Å². The number of amides is 1. The van der Waals surface area contributed by atoms with Crippen LogP contribution in [0.5, 0.6) is 11.5 Å². The maximum absolute atomic E-state index is 13.3. The number of ketones is 1. The van der Waals surface area contributed by atoms with E-state index in [4.69, 9.17) is 14.2 Å². The number of hydrogen-bond donors (Lipinski definition) is 1. The number of ether oxygens (including phenoxy) is 3. The van der Waals surface area contributed by atoms with Gasteiger partial charge in [0.1, 0.15) is 17.3 Å². The molecule has 8 heteroatoms. The van der Waals surface area contributed by atoms with E-state index in [2.05, 4.69) is 18.7 Å². The Bertz CT molecular complexity index is 1120. The molecule has 2 saturated heterocycles. The highest BCUT2D eigenvalue weighted by Gasteiger charge is 2.46. The number of hydrogen-bond acceptors (Lipinski definition) is 7. The van der Waals surface area contributed by atoms with Crippen molar-refractivity contribution in [3.05, 3.63) is 65.2 Å². The molecule has 2 aromatic rings. The van der Waals surface area contributed by atoms with Crippen LogP contribution < -0.4 is 9.47 Å². The summed E-state index contributed by atoms with van der Waals surface area (Å²) in [5, 5.41) is 11.3. The molecule has 1 amide bonds. The minimum Gasteiger partial charge on any atom is -0.507 e. The molecule has 0 saturated carbocycles. The average Bonchev–Trinajstić information content (AvgIpc) is 3.17. The molecule has 0 aromatic heterocycles. The fourth-order valence-corrected chi connectivity index (χ4v) is 4.62. The molecular formula is C29H36N2O6. The van der Waals surface area contributed by atoms with Crippen molar-refractivity contribution in [2.24, 2.45) is 5.92 Å². The first-order valence-electron chi connectivity index (χ1n) is 12.8. The van der Waals surface area contributed by atoms with Crippen LogP contribution in [0.3, 0.4) is 0 Å². The number of benzene rings is 2. The molecule has 0 aliphatic carbocycles. The maximum atomic E-state index is 13.3. The van der Waals surface area contributed by atoms with E-state index in [1.165, 1.54) is 0 Å². The first-order valence-corrected chi connectivity index (χ1v) is 12.8. The highest BCUT2D eigenvalue weighted by Crippen LogP contribution is 2.40. The molecular weight excluding hydrogens is 472 g/mol. The number of carbonyl (C=O) groups excluding carboxylic acids is 2. The van der Waals surface area contributed by atoms with Gasteiger partial charge in [-0.1, -0.05) is 26.0 Å². The molecule has 198 valence electrons. The molecule has 4 rings (SSSR count). The SMILES string of the molecule is COc1ccc(/C(O)=C2\C(=O)C(=O)N(CCN3CCOCC3)C2c2cccc(OCCC(C)C)c2)cc1. The Morgan fingerprint density at radius 2 is 1.78 bits per heavy atom. The number of likely N-dealkylation sites (tertiary alicyclic amines) is 1. The van der Waals surface area contributed by atoms with Gasteiger partial charge in [0.2, 0.25) is 0 Å². The normalized spacial score (nSPS) is 20.0. The largest absolute Gasteiger partial charge is 0.507 e. The van der Waals surface area contributed by atoms with Gasteiger partial charge in [-0.2, -0.15) is 0 Å². The van der Waals surface area contributed by atoms with Crippen LogP contribution in [0, 0.1) is 5.92 Å². The third-order valence-electron chi connectivity index (χ3n) is 6.80. The fraction of sp³-hybridized carbons (Fsp3) is 0.448. The third kappa shape index (κ3) is 6.32. The summed E-state index contributed by atoms with van der Waals surface area (Å²) in [5.41, 5.74) is 1.25. The zero-order valence-electron chi connectivity index (χ0n) is 21.8. The van der Waals surface area contributed by atoms with Crippen LogP contribution in [0.15, 0.2) is 54.1 Å². The molecule has 0 spiro atoms. The van der Waals surface area contributed by atoms with Gasteiger partial charge in [-0.05, 0) is 54.3 Å². The fourth-order valence-electron chi connectivity index (χ4n) is 4.62. The molecule has 1 atom stereocenters. The lowest BCUT2D eigenvalue weighted by Gasteiger charge is -2.31. The Labute approximate surface area is 218 Å². The Balaban J connectivity index is 1.69. The van der Waals surface area contributed by atoms with Crippen molar-refractivity contribution in [2.75, 3.05) is 53.1 Å². The lowest BCUT2D eigenvalue weighted by molar-refractivity contribution is -0.140. The summed E-state index contributed by atoms with van der Waals surface area (Å²) >= 11 is 0. The van der Waals surface area contributed by atoms with Gasteiger partial charge in [0, 0.05) is 31.7 Å². The van der Waals surface area contributed by atoms with Crippen LogP contribution in [0.1, 0.15) is 37.4 Å². The molecule has 2 heterocycles. The maximum Gasteiger partial charge on any atom is 0.295 e. The van der Waals surface area contributed by atoms with E-state index in [1.807, 2.05) is 24.3 Å². The summed E-state index contributed by atoms with van der Waals surface area (Å²) in [4.78, 5) is 30.4. The summed E-state index contributed by atoms with van der Waals surface area (Å²) in [5.74, 6) is 0.309. The smallest absolute Gasteiger partial charge is 0.295 e. The van der Waals surface area contributed by atoms with E-state index < -0.39 is 17.7 Å². The topological polar surface area (TPSA) is 88.5 Å². The van der Waals surface area contributed by atoms with Gasteiger partial charge in [-0.3, -0.25) is 14.5 Å². The highest BCUT2D eigenvalue weighted by molar-refractivity contribution is 6.46. The minimum atomic E-state index is -0.725. The predicted octanol–water partition coefficient (Wildman–Crippen LogP) is 3.87. The Hall–Kier alpha value is -3.36. The number of aliphatic hydroxyl groups is 1. The van der Waals surface area contributed by atoms with Crippen LogP contribution in [0.4, 0.5) is 0 Å². The first kappa shape index (κ1) is 26.7. The van der Waals surface area contributed by atoms with Crippen LogP contribution >= 0.6 is 0 Å². The lowest BCUT2D eigenvalue weighted by Crippen LogP contribution is -2.42. The zero-order chi connectivity index (χ0) is 26.4. The standard InChI is InChI=1S/C29H36N2O6/c1-20(2)11-16-37-24-6-4-5-22(19-24)26-25(27(32)21-7-9-23(35-3)10-8-21)28(33)29(34)31(26)13-12-30-14-17-36-18-15-30/h4-10,19-20,26,32H,11-18H2,1-3H3/b27-25+. The molecule has 2 fully saturated rings. The number of aliphatic hydroxyl groups excluding tert-OH is 1. The van der Waals surface area contributed by atoms with E-state index in [1.54, 1.807) is 36.3 Å².